The first-order valence-electron chi connectivity index (χ1n) is 4.62. The first kappa shape index (κ1) is 7.94. The maximum atomic E-state index is 4.33. The van der Waals surface area contributed by atoms with Crippen LogP contribution in [0.1, 0.15) is 16.1 Å². The summed E-state index contributed by atoms with van der Waals surface area (Å²) in [6.07, 6.45) is 5.14. The van der Waals surface area contributed by atoms with Crippen molar-refractivity contribution in [1.82, 2.24) is 4.98 Å². The van der Waals surface area contributed by atoms with Gasteiger partial charge in [0.1, 0.15) is 5.01 Å². The van der Waals surface area contributed by atoms with Crippen molar-refractivity contribution in [3.63, 3.8) is 0 Å². The second-order valence-corrected chi connectivity index (χ2v) is 4.28. The zero-order valence-corrected chi connectivity index (χ0v) is 8.42. The molecule has 3 rings (SSSR count). The highest BCUT2D eigenvalue weighted by atomic mass is 32.1. The average Bonchev–Trinajstić information content (AvgIpc) is 2.86. The third-order valence-electron chi connectivity index (χ3n) is 2.47. The largest absolute Gasteiger partial charge is 0.245 e. The molecule has 14 heavy (non-hydrogen) atoms. The number of nitrogens with zero attached hydrogens (tertiary/aromatic N) is 1. The van der Waals surface area contributed by atoms with Gasteiger partial charge in [0.2, 0.25) is 0 Å². The standard InChI is InChI=1S/C12H9NS/c1-2-4-10-8-11(7-9(10)3-1)12-13-5-6-14-12/h1-7H,8H2. The van der Waals surface area contributed by atoms with Gasteiger partial charge in [-0.3, -0.25) is 0 Å². The third kappa shape index (κ3) is 1.19. The molecule has 2 aromatic rings. The van der Waals surface area contributed by atoms with Gasteiger partial charge in [-0.15, -0.1) is 11.3 Å². The van der Waals surface area contributed by atoms with Gasteiger partial charge in [0.05, 0.1) is 0 Å². The Balaban J connectivity index is 2.04. The van der Waals surface area contributed by atoms with Crippen molar-refractivity contribution in [2.45, 2.75) is 6.42 Å². The molecule has 0 saturated carbocycles. The summed E-state index contributed by atoms with van der Waals surface area (Å²) in [6.45, 7) is 0. The fraction of sp³-hybridized carbons (Fsp3) is 0.0833. The van der Waals surface area contributed by atoms with Crippen LogP contribution in [0.25, 0.3) is 11.6 Å². The van der Waals surface area contributed by atoms with Crippen molar-refractivity contribution in [3.8, 4) is 0 Å². The quantitative estimate of drug-likeness (QED) is 0.687. The summed E-state index contributed by atoms with van der Waals surface area (Å²) in [7, 11) is 0. The number of aromatic nitrogens is 1. The molecule has 0 aliphatic heterocycles. The fourth-order valence-corrected chi connectivity index (χ4v) is 2.45. The van der Waals surface area contributed by atoms with Crippen LogP contribution < -0.4 is 0 Å². The predicted octanol–water partition coefficient (Wildman–Crippen LogP) is 3.24. The van der Waals surface area contributed by atoms with Crippen LogP contribution in [0.15, 0.2) is 35.8 Å². The molecule has 1 aromatic heterocycles. The maximum Gasteiger partial charge on any atom is 0.119 e. The number of rotatable bonds is 1. The van der Waals surface area contributed by atoms with Gasteiger partial charge >= 0.3 is 0 Å². The normalized spacial score (nSPS) is 13.9. The Labute approximate surface area is 86.7 Å². The van der Waals surface area contributed by atoms with Gasteiger partial charge in [0.15, 0.2) is 0 Å². The Hall–Kier alpha value is -1.41. The molecule has 0 fully saturated rings. The highest BCUT2D eigenvalue weighted by Crippen LogP contribution is 2.31. The monoisotopic (exact) mass is 199 g/mol. The van der Waals surface area contributed by atoms with Crippen LogP contribution >= 0.6 is 11.3 Å². The van der Waals surface area contributed by atoms with Gasteiger partial charge in [0, 0.05) is 18.0 Å². The molecular formula is C12H9NS. The molecule has 68 valence electrons. The molecule has 0 unspecified atom stereocenters. The molecule has 0 N–H and O–H groups in total. The second-order valence-electron chi connectivity index (χ2n) is 3.38. The van der Waals surface area contributed by atoms with Gasteiger partial charge in [-0.2, -0.15) is 0 Å². The molecule has 0 saturated heterocycles. The molecule has 1 aliphatic carbocycles. The summed E-state index contributed by atoms with van der Waals surface area (Å²) in [6, 6.07) is 8.53. The van der Waals surface area contributed by atoms with E-state index in [0.717, 1.165) is 11.4 Å². The lowest BCUT2D eigenvalue weighted by atomic mass is 10.1. The van der Waals surface area contributed by atoms with E-state index in [1.54, 1.807) is 11.3 Å². The molecule has 1 heterocycles. The maximum absolute atomic E-state index is 4.33. The summed E-state index contributed by atoms with van der Waals surface area (Å²) < 4.78 is 0. The van der Waals surface area contributed by atoms with Crippen molar-refractivity contribution in [2.24, 2.45) is 0 Å². The molecule has 2 heteroatoms. The van der Waals surface area contributed by atoms with Crippen molar-refractivity contribution in [2.75, 3.05) is 0 Å². The Bertz CT molecular complexity index is 483. The van der Waals surface area contributed by atoms with Gasteiger partial charge < -0.3 is 0 Å². The Morgan fingerprint density at radius 1 is 1.21 bits per heavy atom. The minimum atomic E-state index is 1.03. The highest BCUT2D eigenvalue weighted by Gasteiger charge is 2.14. The number of benzene rings is 1. The number of hydrogen-bond acceptors (Lipinski definition) is 2. The highest BCUT2D eigenvalue weighted by molar-refractivity contribution is 7.10. The lowest BCUT2D eigenvalue weighted by Gasteiger charge is -1.96. The van der Waals surface area contributed by atoms with E-state index in [-0.39, 0.29) is 0 Å². The smallest absolute Gasteiger partial charge is 0.119 e. The van der Waals surface area contributed by atoms with E-state index >= 15 is 0 Å². The van der Waals surface area contributed by atoms with Crippen molar-refractivity contribution >= 4 is 23.0 Å². The van der Waals surface area contributed by atoms with Crippen molar-refractivity contribution in [3.05, 3.63) is 52.0 Å². The summed E-state index contributed by atoms with van der Waals surface area (Å²) in [5.74, 6) is 0. The van der Waals surface area contributed by atoms with E-state index in [1.165, 1.54) is 16.7 Å². The number of fused-ring (bicyclic) bond motifs is 1. The molecule has 0 spiro atoms. The zero-order chi connectivity index (χ0) is 9.38. The van der Waals surface area contributed by atoms with Gasteiger partial charge in [-0.1, -0.05) is 24.3 Å². The lowest BCUT2D eigenvalue weighted by Crippen LogP contribution is -1.83. The topological polar surface area (TPSA) is 12.9 Å². The fourth-order valence-electron chi connectivity index (χ4n) is 1.80. The van der Waals surface area contributed by atoms with E-state index in [1.807, 2.05) is 11.6 Å². The molecule has 1 aliphatic rings. The SMILES string of the molecule is C1=C(c2nccs2)Cc2ccccc21. The Morgan fingerprint density at radius 2 is 2.14 bits per heavy atom. The van der Waals surface area contributed by atoms with Crippen LogP contribution in [0.2, 0.25) is 0 Å². The summed E-state index contributed by atoms with van der Waals surface area (Å²) >= 11 is 1.71. The van der Waals surface area contributed by atoms with Crippen LogP contribution in [0.3, 0.4) is 0 Å². The first-order valence-corrected chi connectivity index (χ1v) is 5.50. The minimum absolute atomic E-state index is 1.03. The lowest BCUT2D eigenvalue weighted by molar-refractivity contribution is 1.28. The molecule has 0 bridgehead atoms. The van der Waals surface area contributed by atoms with E-state index < -0.39 is 0 Å². The Morgan fingerprint density at radius 3 is 2.93 bits per heavy atom. The molecule has 0 amide bonds. The molecule has 1 nitrogen and oxygen atoms in total. The summed E-state index contributed by atoms with van der Waals surface area (Å²) in [5, 5.41) is 3.18. The van der Waals surface area contributed by atoms with Crippen LogP contribution in [-0.2, 0) is 6.42 Å². The number of allylic oxidation sites excluding steroid dienone is 1. The summed E-state index contributed by atoms with van der Waals surface area (Å²) in [5.41, 5.74) is 4.11. The van der Waals surface area contributed by atoms with Crippen LogP contribution in [0.4, 0.5) is 0 Å². The van der Waals surface area contributed by atoms with Crippen molar-refractivity contribution in [1.29, 1.82) is 0 Å². The predicted molar refractivity (Wildman–Crippen MR) is 60.1 cm³/mol. The van der Waals surface area contributed by atoms with Crippen LogP contribution in [0, 0.1) is 0 Å². The van der Waals surface area contributed by atoms with Gasteiger partial charge in [0.25, 0.3) is 0 Å². The van der Waals surface area contributed by atoms with E-state index in [2.05, 4.69) is 35.3 Å². The molecule has 0 atom stereocenters. The average molecular weight is 199 g/mol. The van der Waals surface area contributed by atoms with E-state index in [0.29, 0.717) is 0 Å². The van der Waals surface area contributed by atoms with Gasteiger partial charge in [-0.25, -0.2) is 4.98 Å². The molecular weight excluding hydrogens is 190 g/mol. The molecule has 1 aromatic carbocycles. The first-order chi connectivity index (χ1) is 6.93. The third-order valence-corrected chi connectivity index (χ3v) is 3.32. The van der Waals surface area contributed by atoms with E-state index in [9.17, 15) is 0 Å². The number of thiazole rings is 1. The Kier molecular flexibility index (Phi) is 1.74. The van der Waals surface area contributed by atoms with Crippen LogP contribution in [-0.4, -0.2) is 4.98 Å². The summed E-state index contributed by atoms with van der Waals surface area (Å²) in [4.78, 5) is 4.33. The molecule has 0 radical (unpaired) electrons. The van der Waals surface area contributed by atoms with Crippen molar-refractivity contribution < 1.29 is 0 Å². The second kappa shape index (κ2) is 3.07. The van der Waals surface area contributed by atoms with Gasteiger partial charge in [-0.05, 0) is 22.8 Å². The van der Waals surface area contributed by atoms with E-state index in [4.69, 9.17) is 0 Å². The zero-order valence-electron chi connectivity index (χ0n) is 7.60. The van der Waals surface area contributed by atoms with Crippen LogP contribution in [0.5, 0.6) is 0 Å². The number of hydrogen-bond donors (Lipinski definition) is 0. The minimum Gasteiger partial charge on any atom is -0.245 e.